The summed E-state index contributed by atoms with van der Waals surface area (Å²) in [6.45, 7) is 1.44. The van der Waals surface area contributed by atoms with Gasteiger partial charge in [0.25, 0.3) is 5.95 Å². The number of aliphatic hydroxyl groups is 4. The lowest BCUT2D eigenvalue weighted by atomic mass is 10.1. The zero-order chi connectivity index (χ0) is 24.7. The Bertz CT molecular complexity index is 1210. The summed E-state index contributed by atoms with van der Waals surface area (Å²) in [5.41, 5.74) is 0.824. The highest BCUT2D eigenvalue weighted by molar-refractivity contribution is 5.89. The fourth-order valence-electron chi connectivity index (χ4n) is 4.44. The van der Waals surface area contributed by atoms with Gasteiger partial charge in [0, 0.05) is 6.20 Å². The maximum Gasteiger partial charge on any atom is 0.341 e. The van der Waals surface area contributed by atoms with Crippen LogP contribution in [0.2, 0.25) is 0 Å². The lowest BCUT2D eigenvalue weighted by Gasteiger charge is -2.19. The molecule has 3 aromatic heterocycles. The third-order valence-corrected chi connectivity index (χ3v) is 6.30. The normalized spacial score (nSPS) is 28.6. The average Bonchev–Trinajstić information content (AvgIpc) is 3.63. The number of carbonyl (C=O) groups is 1. The van der Waals surface area contributed by atoms with Gasteiger partial charge in [0.05, 0.1) is 43.4 Å². The number of aliphatic hydroxyl groups excluding tert-OH is 4. The first-order valence-electron chi connectivity index (χ1n) is 11.4. The van der Waals surface area contributed by atoms with Crippen LogP contribution < -0.4 is 5.32 Å². The fourth-order valence-corrected chi connectivity index (χ4v) is 4.44. The number of ether oxygens (including phenoxy) is 2. The predicted octanol–water partition coefficient (Wildman–Crippen LogP) is -0.874. The number of imidazole rings is 1. The van der Waals surface area contributed by atoms with Gasteiger partial charge in [-0.05, 0) is 26.2 Å². The van der Waals surface area contributed by atoms with Gasteiger partial charge in [-0.3, -0.25) is 4.57 Å². The van der Waals surface area contributed by atoms with Crippen LogP contribution in [-0.2, 0) is 9.47 Å². The van der Waals surface area contributed by atoms with Crippen LogP contribution in [0.25, 0.3) is 17.1 Å². The van der Waals surface area contributed by atoms with Crippen LogP contribution in [0.5, 0.6) is 0 Å². The summed E-state index contributed by atoms with van der Waals surface area (Å²) < 4.78 is 13.4. The first-order chi connectivity index (χ1) is 16.9. The number of nitrogens with zero attached hydrogens (tertiary/aromatic N) is 6. The fraction of sp³-hybridized carbons (Fsp3) is 0.571. The second-order valence-corrected chi connectivity index (χ2v) is 8.57. The number of aromatic nitrogens is 6. The molecular formula is C21H27N7O7. The zero-order valence-electron chi connectivity index (χ0n) is 18.9. The molecule has 2 aliphatic rings. The van der Waals surface area contributed by atoms with E-state index in [-0.39, 0.29) is 29.8 Å². The summed E-state index contributed by atoms with van der Waals surface area (Å²) in [6.07, 6.45) is 1.21. The number of nitrogens with one attached hydrogen (secondary N) is 1. The molecule has 14 heteroatoms. The molecule has 1 aliphatic carbocycles. The molecule has 1 saturated heterocycles. The molecule has 35 heavy (non-hydrogen) atoms. The summed E-state index contributed by atoms with van der Waals surface area (Å²) in [5, 5.41) is 47.9. The Morgan fingerprint density at radius 3 is 2.77 bits per heavy atom. The number of rotatable bonds is 7. The van der Waals surface area contributed by atoms with Crippen molar-refractivity contribution < 1.29 is 34.7 Å². The van der Waals surface area contributed by atoms with Crippen molar-refractivity contribution in [1.29, 1.82) is 0 Å². The molecule has 1 aliphatic heterocycles. The molecule has 0 spiro atoms. The molecule has 1 saturated carbocycles. The van der Waals surface area contributed by atoms with Crippen LogP contribution in [0, 0.1) is 0 Å². The molecule has 0 bridgehead atoms. The highest BCUT2D eigenvalue weighted by Crippen LogP contribution is 2.33. The molecule has 0 aromatic carbocycles. The largest absolute Gasteiger partial charge is 0.462 e. The van der Waals surface area contributed by atoms with Crippen molar-refractivity contribution in [2.24, 2.45) is 0 Å². The first kappa shape index (κ1) is 23.6. The summed E-state index contributed by atoms with van der Waals surface area (Å²) in [6, 6.07) is -0.243. The van der Waals surface area contributed by atoms with Gasteiger partial charge in [-0.15, -0.1) is 0 Å². The van der Waals surface area contributed by atoms with Crippen molar-refractivity contribution in [2.45, 2.75) is 62.9 Å². The van der Waals surface area contributed by atoms with Crippen LogP contribution in [0.15, 0.2) is 18.7 Å². The lowest BCUT2D eigenvalue weighted by molar-refractivity contribution is -0.0511. The maximum atomic E-state index is 12.1. The highest BCUT2D eigenvalue weighted by atomic mass is 16.6. The van der Waals surface area contributed by atoms with E-state index in [1.807, 2.05) is 0 Å². The third kappa shape index (κ3) is 4.23. The number of fused-ring (bicyclic) bond motifs is 1. The third-order valence-electron chi connectivity index (χ3n) is 6.30. The van der Waals surface area contributed by atoms with Crippen LogP contribution in [0.3, 0.4) is 0 Å². The van der Waals surface area contributed by atoms with Crippen LogP contribution in [-0.4, -0.2) is 99.4 Å². The number of carbonyl (C=O) groups excluding carboxylic acids is 1. The SMILES string of the molecule is CCOC(=O)c1cnn(-c2nc(NC3CCCC3O)c3ncn([C@@H]4O[C@H](CO)[C@@H](O)[C@H]4O)c3n2)c1. The minimum Gasteiger partial charge on any atom is -0.462 e. The molecule has 6 atom stereocenters. The van der Waals surface area contributed by atoms with Gasteiger partial charge in [-0.1, -0.05) is 0 Å². The standard InChI is InChI=1S/C21H27N7O7/c1-2-34-20(33)10-6-23-28(7-10)21-25-17(24-11-4-3-5-12(11)30)14-18(26-21)27(9-22-14)19-16(32)15(31)13(8-29)35-19/h6-7,9,11-13,15-16,19,29-32H,2-5,8H2,1H3,(H,24,25,26)/t11?,12?,13-,15-,16-,19-/m1/s1. The average molecular weight is 489 g/mol. The molecule has 4 heterocycles. The lowest BCUT2D eigenvalue weighted by Crippen LogP contribution is -2.33. The number of hydrogen-bond donors (Lipinski definition) is 5. The first-order valence-corrected chi connectivity index (χ1v) is 11.4. The minimum atomic E-state index is -1.34. The Morgan fingerprint density at radius 2 is 2.09 bits per heavy atom. The van der Waals surface area contributed by atoms with Gasteiger partial charge in [0.1, 0.15) is 18.3 Å². The summed E-state index contributed by atoms with van der Waals surface area (Å²) in [7, 11) is 0. The second kappa shape index (κ2) is 9.47. The minimum absolute atomic E-state index is 0.0940. The van der Waals surface area contributed by atoms with Gasteiger partial charge in [-0.2, -0.15) is 15.1 Å². The van der Waals surface area contributed by atoms with E-state index < -0.39 is 43.2 Å². The van der Waals surface area contributed by atoms with E-state index in [0.717, 1.165) is 12.8 Å². The van der Waals surface area contributed by atoms with E-state index in [1.54, 1.807) is 6.92 Å². The van der Waals surface area contributed by atoms with Gasteiger partial charge in [0.2, 0.25) is 0 Å². The Labute approximate surface area is 199 Å². The second-order valence-electron chi connectivity index (χ2n) is 8.57. The van der Waals surface area contributed by atoms with Crippen molar-refractivity contribution in [3.8, 4) is 5.95 Å². The maximum absolute atomic E-state index is 12.1. The van der Waals surface area contributed by atoms with E-state index in [1.165, 1.54) is 28.0 Å². The number of esters is 1. The predicted molar refractivity (Wildman–Crippen MR) is 119 cm³/mol. The Hall–Kier alpha value is -3.17. The van der Waals surface area contributed by atoms with E-state index in [9.17, 15) is 25.2 Å². The summed E-state index contributed by atoms with van der Waals surface area (Å²) in [4.78, 5) is 25.5. The van der Waals surface area contributed by atoms with Crippen molar-refractivity contribution in [1.82, 2.24) is 29.3 Å². The molecule has 3 aromatic rings. The Balaban J connectivity index is 1.58. The molecular weight excluding hydrogens is 462 g/mol. The Morgan fingerprint density at radius 1 is 1.26 bits per heavy atom. The van der Waals surface area contributed by atoms with Crippen LogP contribution >= 0.6 is 0 Å². The van der Waals surface area contributed by atoms with Crippen molar-refractivity contribution in [3.63, 3.8) is 0 Å². The number of hydrogen-bond acceptors (Lipinski definition) is 12. The van der Waals surface area contributed by atoms with E-state index in [4.69, 9.17) is 9.47 Å². The number of anilines is 1. The Kier molecular flexibility index (Phi) is 6.37. The molecule has 14 nitrogen and oxygen atoms in total. The van der Waals surface area contributed by atoms with Gasteiger partial charge >= 0.3 is 5.97 Å². The van der Waals surface area contributed by atoms with Crippen molar-refractivity contribution >= 4 is 23.0 Å². The molecule has 5 rings (SSSR count). The monoisotopic (exact) mass is 489 g/mol. The molecule has 188 valence electrons. The van der Waals surface area contributed by atoms with Crippen LogP contribution in [0.1, 0.15) is 42.8 Å². The quantitative estimate of drug-likeness (QED) is 0.258. The summed E-state index contributed by atoms with van der Waals surface area (Å²) >= 11 is 0. The van der Waals surface area contributed by atoms with Crippen molar-refractivity contribution in [2.75, 3.05) is 18.5 Å². The van der Waals surface area contributed by atoms with Crippen molar-refractivity contribution in [3.05, 3.63) is 24.3 Å². The van der Waals surface area contributed by atoms with E-state index >= 15 is 0 Å². The topological polar surface area (TPSA) is 190 Å². The molecule has 2 fully saturated rings. The molecule has 5 N–H and O–H groups in total. The summed E-state index contributed by atoms with van der Waals surface area (Å²) in [5.74, 6) is -0.116. The molecule has 2 unspecified atom stereocenters. The molecule has 0 radical (unpaired) electrons. The van der Waals surface area contributed by atoms with Gasteiger partial charge in [-0.25, -0.2) is 14.5 Å². The van der Waals surface area contributed by atoms with Crippen LogP contribution in [0.4, 0.5) is 5.82 Å². The van der Waals surface area contributed by atoms with Gasteiger partial charge < -0.3 is 35.2 Å². The van der Waals surface area contributed by atoms with Gasteiger partial charge in [0.15, 0.2) is 23.2 Å². The molecule has 0 amide bonds. The highest BCUT2D eigenvalue weighted by Gasteiger charge is 2.44. The van der Waals surface area contributed by atoms with E-state index in [0.29, 0.717) is 17.8 Å². The zero-order valence-corrected chi connectivity index (χ0v) is 18.9. The van der Waals surface area contributed by atoms with E-state index in [2.05, 4.69) is 25.4 Å². The smallest absolute Gasteiger partial charge is 0.341 e.